The van der Waals surface area contributed by atoms with Crippen LogP contribution in [0.15, 0.2) is 9.63 Å². The third-order valence-corrected chi connectivity index (χ3v) is 6.04. The molecule has 19 heavy (non-hydrogen) atoms. The highest BCUT2D eigenvalue weighted by atomic mass is 79.9. The smallest absolute Gasteiger partial charge is 0.263 e. The summed E-state index contributed by atoms with van der Waals surface area (Å²) in [5.41, 5.74) is 5.70. The third-order valence-electron chi connectivity index (χ3n) is 3.19. The van der Waals surface area contributed by atoms with Crippen LogP contribution in [0.3, 0.4) is 0 Å². The van der Waals surface area contributed by atoms with Crippen molar-refractivity contribution in [3.8, 4) is 0 Å². The summed E-state index contributed by atoms with van der Waals surface area (Å²) in [6, 6.07) is -0.231. The number of sulfonamides is 1. The molecule has 1 aromatic heterocycles. The Balaban J connectivity index is 2.39. The molecule has 0 saturated carbocycles. The topological polar surface area (TPSA) is 97.4 Å². The minimum Gasteiger partial charge on any atom is -0.329 e. The van der Waals surface area contributed by atoms with Crippen LogP contribution < -0.4 is 5.73 Å². The fourth-order valence-corrected chi connectivity index (χ4v) is 4.86. The number of hydrogen-bond donors (Lipinski definition) is 1. The molecule has 1 aliphatic heterocycles. The maximum Gasteiger partial charge on any atom is 0.263 e. The van der Waals surface area contributed by atoms with Gasteiger partial charge in [0.15, 0.2) is 4.60 Å². The molecule has 0 aliphatic carbocycles. The number of aromatic nitrogens is 3. The van der Waals surface area contributed by atoms with Gasteiger partial charge in [-0.1, -0.05) is 5.21 Å². The molecule has 1 fully saturated rings. The fraction of sp³-hybridized carbons (Fsp3) is 0.778. The van der Waals surface area contributed by atoms with Crippen molar-refractivity contribution < 1.29 is 8.42 Å². The monoisotopic (exact) mass is 352 g/mol. The second kappa shape index (κ2) is 5.44. The fourth-order valence-electron chi connectivity index (χ4n) is 2.21. The van der Waals surface area contributed by atoms with Gasteiger partial charge in [-0.2, -0.15) is 4.31 Å². The van der Waals surface area contributed by atoms with Crippen molar-refractivity contribution in [3.63, 3.8) is 0 Å². The van der Waals surface area contributed by atoms with Crippen molar-refractivity contribution in [2.24, 2.45) is 12.8 Å². The first kappa shape index (κ1) is 14.9. The van der Waals surface area contributed by atoms with E-state index in [1.54, 1.807) is 7.05 Å². The van der Waals surface area contributed by atoms with Crippen molar-refractivity contribution in [2.45, 2.75) is 11.1 Å². The number of piperazine rings is 1. The molecule has 1 atom stereocenters. The van der Waals surface area contributed by atoms with Crippen LogP contribution in [0.5, 0.6) is 0 Å². The maximum atomic E-state index is 12.7. The minimum absolute atomic E-state index is 0.0653. The van der Waals surface area contributed by atoms with Gasteiger partial charge in [0.2, 0.25) is 5.03 Å². The summed E-state index contributed by atoms with van der Waals surface area (Å²) in [4.78, 5) is 2.07. The van der Waals surface area contributed by atoms with Crippen LogP contribution in [0, 0.1) is 0 Å². The first-order chi connectivity index (χ1) is 8.87. The van der Waals surface area contributed by atoms with E-state index >= 15 is 0 Å². The molecule has 1 saturated heterocycles. The minimum atomic E-state index is -3.65. The second-order valence-corrected chi connectivity index (χ2v) is 7.13. The standard InChI is InChI=1S/C9H17BrN6O2S/c1-14-3-4-16(7(5-11)6-14)19(17,18)9-8(10)12-13-15(9)2/h7H,3-6,11H2,1-2H3. The number of halogens is 1. The van der Waals surface area contributed by atoms with Crippen molar-refractivity contribution in [1.82, 2.24) is 24.2 Å². The quantitative estimate of drug-likeness (QED) is 0.736. The average Bonchev–Trinajstić information content (AvgIpc) is 2.68. The van der Waals surface area contributed by atoms with E-state index in [2.05, 4.69) is 31.1 Å². The Kier molecular flexibility index (Phi) is 4.26. The van der Waals surface area contributed by atoms with Crippen LogP contribution >= 0.6 is 15.9 Å². The van der Waals surface area contributed by atoms with E-state index in [0.717, 1.165) is 0 Å². The molecule has 1 unspecified atom stereocenters. The molecule has 0 spiro atoms. The molecule has 2 N–H and O–H groups in total. The number of nitrogens with two attached hydrogens (primary N) is 1. The van der Waals surface area contributed by atoms with E-state index in [1.807, 2.05) is 7.05 Å². The summed E-state index contributed by atoms with van der Waals surface area (Å²) in [5.74, 6) is 0. The summed E-state index contributed by atoms with van der Waals surface area (Å²) in [5, 5.41) is 7.51. The van der Waals surface area contributed by atoms with Crippen LogP contribution in [-0.4, -0.2) is 71.9 Å². The molecule has 2 heterocycles. The van der Waals surface area contributed by atoms with E-state index in [-0.39, 0.29) is 22.2 Å². The first-order valence-corrected chi connectivity index (χ1v) is 8.07. The van der Waals surface area contributed by atoms with Crippen LogP contribution in [0.25, 0.3) is 0 Å². The van der Waals surface area contributed by atoms with E-state index in [0.29, 0.717) is 19.6 Å². The summed E-state index contributed by atoms with van der Waals surface area (Å²) in [7, 11) is -0.141. The molecule has 1 aromatic rings. The Morgan fingerprint density at radius 1 is 1.42 bits per heavy atom. The molecule has 1 aliphatic rings. The lowest BCUT2D eigenvalue weighted by molar-refractivity contribution is 0.163. The van der Waals surface area contributed by atoms with E-state index in [9.17, 15) is 8.42 Å². The van der Waals surface area contributed by atoms with Gasteiger partial charge in [-0.3, -0.25) is 0 Å². The Morgan fingerprint density at radius 3 is 2.63 bits per heavy atom. The molecule has 8 nitrogen and oxygen atoms in total. The van der Waals surface area contributed by atoms with Crippen LogP contribution in [0.2, 0.25) is 0 Å². The van der Waals surface area contributed by atoms with E-state index in [1.165, 1.54) is 8.99 Å². The zero-order valence-corrected chi connectivity index (χ0v) is 13.2. The van der Waals surface area contributed by atoms with Gasteiger partial charge in [-0.25, -0.2) is 13.1 Å². The highest BCUT2D eigenvalue weighted by Crippen LogP contribution is 2.25. The van der Waals surface area contributed by atoms with Gasteiger partial charge in [-0.15, -0.1) is 5.10 Å². The molecule has 2 rings (SSSR count). The van der Waals surface area contributed by atoms with Crippen LogP contribution in [-0.2, 0) is 17.1 Å². The van der Waals surface area contributed by atoms with E-state index in [4.69, 9.17) is 5.73 Å². The summed E-state index contributed by atoms with van der Waals surface area (Å²) < 4.78 is 28.3. The SMILES string of the molecule is CN1CCN(S(=O)(=O)c2c(Br)nnn2C)C(CN)C1. The number of rotatable bonds is 3. The Hall–Kier alpha value is -0.550. The third kappa shape index (κ3) is 2.68. The zero-order chi connectivity index (χ0) is 14.2. The predicted molar refractivity (Wildman–Crippen MR) is 72.9 cm³/mol. The van der Waals surface area contributed by atoms with Crippen molar-refractivity contribution in [1.29, 1.82) is 0 Å². The van der Waals surface area contributed by atoms with Crippen LogP contribution in [0.1, 0.15) is 0 Å². The lowest BCUT2D eigenvalue weighted by atomic mass is 10.2. The predicted octanol–water partition coefficient (Wildman–Crippen LogP) is -1.16. The maximum absolute atomic E-state index is 12.7. The van der Waals surface area contributed by atoms with Gasteiger partial charge in [-0.05, 0) is 23.0 Å². The van der Waals surface area contributed by atoms with Gasteiger partial charge in [0.25, 0.3) is 10.0 Å². The van der Waals surface area contributed by atoms with Gasteiger partial charge in [0, 0.05) is 33.2 Å². The summed E-state index contributed by atoms with van der Waals surface area (Å²) in [6.45, 7) is 2.00. The number of hydrogen-bond acceptors (Lipinski definition) is 6. The van der Waals surface area contributed by atoms with Gasteiger partial charge in [0.05, 0.1) is 6.04 Å². The first-order valence-electron chi connectivity index (χ1n) is 5.83. The highest BCUT2D eigenvalue weighted by Gasteiger charge is 2.37. The largest absolute Gasteiger partial charge is 0.329 e. The molecule has 0 aromatic carbocycles. The molecule has 108 valence electrons. The number of likely N-dealkylation sites (N-methyl/N-ethyl adjacent to an activating group) is 1. The van der Waals surface area contributed by atoms with Crippen molar-refractivity contribution >= 4 is 26.0 Å². The molecule has 10 heteroatoms. The highest BCUT2D eigenvalue weighted by molar-refractivity contribution is 9.10. The second-order valence-electron chi connectivity index (χ2n) is 4.58. The summed E-state index contributed by atoms with van der Waals surface area (Å²) >= 11 is 3.13. The Bertz CT molecular complexity index is 540. The molecular formula is C9H17BrN6O2S. The Morgan fingerprint density at radius 2 is 2.11 bits per heavy atom. The lowest BCUT2D eigenvalue weighted by Crippen LogP contribution is -2.56. The van der Waals surface area contributed by atoms with Gasteiger partial charge < -0.3 is 10.6 Å². The van der Waals surface area contributed by atoms with Crippen molar-refractivity contribution in [2.75, 3.05) is 33.2 Å². The number of aryl methyl sites for hydroxylation is 1. The van der Waals surface area contributed by atoms with Crippen molar-refractivity contribution in [3.05, 3.63) is 4.60 Å². The number of nitrogens with zero attached hydrogens (tertiary/aromatic N) is 5. The summed E-state index contributed by atoms with van der Waals surface area (Å²) in [6.07, 6.45) is 0. The van der Waals surface area contributed by atoms with Gasteiger partial charge in [0.1, 0.15) is 0 Å². The average molecular weight is 353 g/mol. The van der Waals surface area contributed by atoms with Crippen LogP contribution in [0.4, 0.5) is 0 Å². The lowest BCUT2D eigenvalue weighted by Gasteiger charge is -2.38. The molecule has 0 bridgehead atoms. The van der Waals surface area contributed by atoms with E-state index < -0.39 is 10.0 Å². The molecular weight excluding hydrogens is 336 g/mol. The normalized spacial score (nSPS) is 22.8. The van der Waals surface area contributed by atoms with Gasteiger partial charge >= 0.3 is 0 Å². The molecule has 0 amide bonds. The zero-order valence-electron chi connectivity index (χ0n) is 10.8. The molecule has 0 radical (unpaired) electrons. The Labute approximate surface area is 120 Å².